The van der Waals surface area contributed by atoms with Gasteiger partial charge in [-0.1, -0.05) is 6.07 Å². The summed E-state index contributed by atoms with van der Waals surface area (Å²) in [4.78, 5) is 0. The first-order valence-electron chi connectivity index (χ1n) is 4.32. The standard InChI is InChI=1S/C10H12BrNO/c1-6-7(10(12)4-5-10)2-3-8(13)9(6)11/h2-3,13H,4-5,12H2,1H3. The van der Waals surface area contributed by atoms with Gasteiger partial charge in [0, 0.05) is 5.54 Å². The molecule has 2 nitrogen and oxygen atoms in total. The molecular weight excluding hydrogens is 230 g/mol. The predicted molar refractivity (Wildman–Crippen MR) is 55.6 cm³/mol. The Balaban J connectivity index is 2.54. The van der Waals surface area contributed by atoms with Gasteiger partial charge in [0.05, 0.1) is 4.47 Å². The van der Waals surface area contributed by atoms with E-state index in [-0.39, 0.29) is 11.3 Å². The first-order chi connectivity index (χ1) is 6.04. The van der Waals surface area contributed by atoms with Crippen LogP contribution in [0.2, 0.25) is 0 Å². The van der Waals surface area contributed by atoms with Gasteiger partial charge in [-0.3, -0.25) is 0 Å². The summed E-state index contributed by atoms with van der Waals surface area (Å²) in [5, 5.41) is 9.42. The van der Waals surface area contributed by atoms with Crippen LogP contribution in [0.5, 0.6) is 5.75 Å². The minimum absolute atomic E-state index is 0.125. The Bertz CT molecular complexity index is 358. The van der Waals surface area contributed by atoms with Crippen molar-refractivity contribution in [1.82, 2.24) is 0 Å². The number of hydrogen-bond donors (Lipinski definition) is 2. The van der Waals surface area contributed by atoms with Crippen molar-refractivity contribution in [2.75, 3.05) is 0 Å². The van der Waals surface area contributed by atoms with Crippen LogP contribution in [0.25, 0.3) is 0 Å². The Morgan fingerprint density at radius 3 is 2.62 bits per heavy atom. The summed E-state index contributed by atoms with van der Waals surface area (Å²) in [6.45, 7) is 1.98. The van der Waals surface area contributed by atoms with Crippen molar-refractivity contribution in [3.63, 3.8) is 0 Å². The fourth-order valence-corrected chi connectivity index (χ4v) is 1.96. The monoisotopic (exact) mass is 241 g/mol. The van der Waals surface area contributed by atoms with Crippen LogP contribution in [0.3, 0.4) is 0 Å². The number of hydrogen-bond acceptors (Lipinski definition) is 2. The SMILES string of the molecule is Cc1c(C2(N)CC2)ccc(O)c1Br. The van der Waals surface area contributed by atoms with E-state index in [1.807, 2.05) is 13.0 Å². The van der Waals surface area contributed by atoms with Crippen LogP contribution in [0.1, 0.15) is 24.0 Å². The molecular formula is C10H12BrNO. The van der Waals surface area contributed by atoms with Gasteiger partial charge in [0.1, 0.15) is 5.75 Å². The highest BCUT2D eigenvalue weighted by atomic mass is 79.9. The summed E-state index contributed by atoms with van der Waals surface area (Å²) in [5.74, 6) is 0.283. The number of rotatable bonds is 1. The molecule has 0 unspecified atom stereocenters. The lowest BCUT2D eigenvalue weighted by molar-refractivity contribution is 0.470. The molecule has 0 amide bonds. The average molecular weight is 242 g/mol. The maximum absolute atomic E-state index is 9.42. The lowest BCUT2D eigenvalue weighted by atomic mass is 10.00. The van der Waals surface area contributed by atoms with Gasteiger partial charge in [0.25, 0.3) is 0 Å². The molecule has 1 fully saturated rings. The number of halogens is 1. The molecule has 1 aromatic carbocycles. The second kappa shape index (κ2) is 2.72. The van der Waals surface area contributed by atoms with Gasteiger partial charge >= 0.3 is 0 Å². The topological polar surface area (TPSA) is 46.2 Å². The lowest BCUT2D eigenvalue weighted by Crippen LogP contribution is -2.20. The molecule has 3 N–H and O–H groups in total. The minimum Gasteiger partial charge on any atom is -0.507 e. The fraction of sp³-hybridized carbons (Fsp3) is 0.400. The molecule has 0 heterocycles. The Kier molecular flexibility index (Phi) is 1.89. The van der Waals surface area contributed by atoms with Gasteiger partial charge < -0.3 is 10.8 Å². The Labute approximate surface area is 85.9 Å². The molecule has 70 valence electrons. The zero-order valence-corrected chi connectivity index (χ0v) is 9.06. The van der Waals surface area contributed by atoms with Crippen LogP contribution in [-0.2, 0) is 5.54 Å². The number of aromatic hydroxyl groups is 1. The van der Waals surface area contributed by atoms with Crippen LogP contribution in [0, 0.1) is 6.92 Å². The molecule has 2 rings (SSSR count). The largest absolute Gasteiger partial charge is 0.507 e. The molecule has 0 spiro atoms. The zero-order chi connectivity index (χ0) is 9.64. The number of phenols is 1. The van der Waals surface area contributed by atoms with Gasteiger partial charge in [-0.05, 0) is 52.9 Å². The molecule has 0 radical (unpaired) electrons. The fourth-order valence-electron chi connectivity index (χ4n) is 1.61. The van der Waals surface area contributed by atoms with Crippen LogP contribution >= 0.6 is 15.9 Å². The zero-order valence-electron chi connectivity index (χ0n) is 7.47. The van der Waals surface area contributed by atoms with E-state index in [4.69, 9.17) is 5.73 Å². The molecule has 1 aliphatic carbocycles. The van der Waals surface area contributed by atoms with Crippen molar-refractivity contribution in [3.8, 4) is 5.75 Å². The molecule has 1 aliphatic rings. The minimum atomic E-state index is -0.125. The maximum atomic E-state index is 9.42. The third kappa shape index (κ3) is 1.36. The Morgan fingerprint density at radius 1 is 1.46 bits per heavy atom. The number of benzene rings is 1. The Hall–Kier alpha value is -0.540. The van der Waals surface area contributed by atoms with E-state index in [1.165, 1.54) is 0 Å². The van der Waals surface area contributed by atoms with Gasteiger partial charge in [-0.25, -0.2) is 0 Å². The van der Waals surface area contributed by atoms with E-state index >= 15 is 0 Å². The number of phenolic OH excluding ortho intramolecular Hbond substituents is 1. The summed E-state index contributed by atoms with van der Waals surface area (Å²) in [6.07, 6.45) is 2.09. The van der Waals surface area contributed by atoms with Crippen molar-refractivity contribution >= 4 is 15.9 Å². The summed E-state index contributed by atoms with van der Waals surface area (Å²) in [7, 11) is 0. The second-order valence-corrected chi connectivity index (χ2v) is 4.52. The molecule has 0 atom stereocenters. The summed E-state index contributed by atoms with van der Waals surface area (Å²) in [5.41, 5.74) is 8.17. The highest BCUT2D eigenvalue weighted by molar-refractivity contribution is 9.10. The van der Waals surface area contributed by atoms with E-state index in [2.05, 4.69) is 15.9 Å². The highest BCUT2D eigenvalue weighted by Gasteiger charge is 2.41. The smallest absolute Gasteiger partial charge is 0.130 e. The van der Waals surface area contributed by atoms with Crippen molar-refractivity contribution < 1.29 is 5.11 Å². The maximum Gasteiger partial charge on any atom is 0.130 e. The van der Waals surface area contributed by atoms with Crippen molar-refractivity contribution in [2.24, 2.45) is 5.73 Å². The van der Waals surface area contributed by atoms with Crippen LogP contribution in [0.4, 0.5) is 0 Å². The predicted octanol–water partition coefficient (Wildman–Crippen LogP) is 2.41. The van der Waals surface area contributed by atoms with Crippen molar-refractivity contribution in [2.45, 2.75) is 25.3 Å². The quantitative estimate of drug-likeness (QED) is 0.794. The Morgan fingerprint density at radius 2 is 2.08 bits per heavy atom. The van der Waals surface area contributed by atoms with Crippen molar-refractivity contribution in [1.29, 1.82) is 0 Å². The van der Waals surface area contributed by atoms with E-state index in [9.17, 15) is 5.11 Å². The highest BCUT2D eigenvalue weighted by Crippen LogP contribution is 2.46. The molecule has 0 aromatic heterocycles. The summed E-state index contributed by atoms with van der Waals surface area (Å²) in [6, 6.07) is 3.61. The summed E-state index contributed by atoms with van der Waals surface area (Å²) < 4.78 is 0.765. The van der Waals surface area contributed by atoms with Crippen molar-refractivity contribution in [3.05, 3.63) is 27.7 Å². The lowest BCUT2D eigenvalue weighted by Gasteiger charge is -2.14. The third-order valence-corrected chi connectivity index (χ3v) is 3.69. The second-order valence-electron chi connectivity index (χ2n) is 3.73. The van der Waals surface area contributed by atoms with E-state index < -0.39 is 0 Å². The van der Waals surface area contributed by atoms with Crippen LogP contribution in [-0.4, -0.2) is 5.11 Å². The van der Waals surface area contributed by atoms with Gasteiger partial charge in [0.2, 0.25) is 0 Å². The normalized spacial score (nSPS) is 18.7. The first-order valence-corrected chi connectivity index (χ1v) is 5.11. The van der Waals surface area contributed by atoms with Gasteiger partial charge in [0.15, 0.2) is 0 Å². The van der Waals surface area contributed by atoms with E-state index in [0.717, 1.165) is 28.4 Å². The average Bonchev–Trinajstić information content (AvgIpc) is 2.80. The molecule has 3 heteroatoms. The molecule has 1 aromatic rings. The van der Waals surface area contributed by atoms with Gasteiger partial charge in [-0.2, -0.15) is 0 Å². The van der Waals surface area contributed by atoms with E-state index in [1.54, 1.807) is 6.07 Å². The third-order valence-electron chi connectivity index (χ3n) is 2.69. The van der Waals surface area contributed by atoms with E-state index in [0.29, 0.717) is 0 Å². The first kappa shape index (κ1) is 9.03. The van der Waals surface area contributed by atoms with Gasteiger partial charge in [-0.15, -0.1) is 0 Å². The molecule has 0 aliphatic heterocycles. The van der Waals surface area contributed by atoms with Crippen LogP contribution in [0.15, 0.2) is 16.6 Å². The molecule has 1 saturated carbocycles. The molecule has 0 saturated heterocycles. The summed E-state index contributed by atoms with van der Waals surface area (Å²) >= 11 is 3.34. The molecule has 13 heavy (non-hydrogen) atoms. The molecule has 0 bridgehead atoms. The number of nitrogens with two attached hydrogens (primary N) is 1. The van der Waals surface area contributed by atoms with Crippen LogP contribution < -0.4 is 5.73 Å².